The quantitative estimate of drug-likeness (QED) is 0.752. The van der Waals surface area contributed by atoms with E-state index in [1.165, 1.54) is 11.6 Å². The Morgan fingerprint density at radius 1 is 1.13 bits per heavy atom. The SMILES string of the molecule is CNCC(C(=O)N1CCC(c2ccccc2)(N(C)C)CC1)C(C)c1cccc(F)c1. The molecule has 2 unspecified atom stereocenters. The van der Waals surface area contributed by atoms with Crippen LogP contribution in [0, 0.1) is 11.7 Å². The average Bonchev–Trinajstić information content (AvgIpc) is 2.77. The van der Waals surface area contributed by atoms with E-state index in [2.05, 4.69) is 48.6 Å². The van der Waals surface area contributed by atoms with E-state index in [0.717, 1.165) is 31.5 Å². The van der Waals surface area contributed by atoms with Crippen LogP contribution in [0.5, 0.6) is 0 Å². The molecule has 0 radical (unpaired) electrons. The number of nitrogens with zero attached hydrogens (tertiary/aromatic N) is 2. The molecule has 0 aliphatic carbocycles. The fourth-order valence-electron chi connectivity index (χ4n) is 4.79. The summed E-state index contributed by atoms with van der Waals surface area (Å²) < 4.78 is 13.7. The van der Waals surface area contributed by atoms with Gasteiger partial charge in [0.1, 0.15) is 5.82 Å². The highest BCUT2D eigenvalue weighted by atomic mass is 19.1. The standard InChI is InChI=1S/C25H34FN3O/c1-19(20-9-8-12-22(26)17-20)23(18-27-2)24(30)29-15-13-25(14-16-29,28(3)4)21-10-6-5-7-11-21/h5-12,17,19,23,27H,13-16,18H2,1-4H3. The molecular formula is C25H34FN3O. The maximum absolute atomic E-state index is 13.7. The van der Waals surface area contributed by atoms with Gasteiger partial charge in [0.15, 0.2) is 0 Å². The number of hydrogen-bond acceptors (Lipinski definition) is 3. The van der Waals surface area contributed by atoms with Crippen molar-refractivity contribution < 1.29 is 9.18 Å². The molecule has 0 saturated carbocycles. The summed E-state index contributed by atoms with van der Waals surface area (Å²) in [5.74, 6) is -0.385. The minimum atomic E-state index is -0.258. The number of likely N-dealkylation sites (tertiary alicyclic amines) is 1. The predicted octanol–water partition coefficient (Wildman–Crippen LogP) is 3.84. The van der Waals surface area contributed by atoms with Crippen LogP contribution in [0.15, 0.2) is 54.6 Å². The van der Waals surface area contributed by atoms with Gasteiger partial charge in [0.2, 0.25) is 5.91 Å². The molecule has 2 aromatic carbocycles. The first-order valence-electron chi connectivity index (χ1n) is 10.8. The molecule has 0 spiro atoms. The molecular weight excluding hydrogens is 377 g/mol. The van der Waals surface area contributed by atoms with Crippen molar-refractivity contribution >= 4 is 5.91 Å². The average molecular weight is 412 g/mol. The summed E-state index contributed by atoms with van der Waals surface area (Å²) >= 11 is 0. The molecule has 0 aromatic heterocycles. The number of rotatable bonds is 7. The van der Waals surface area contributed by atoms with Crippen molar-refractivity contribution in [3.05, 3.63) is 71.5 Å². The summed E-state index contributed by atoms with van der Waals surface area (Å²) in [5, 5.41) is 3.16. The van der Waals surface area contributed by atoms with Gasteiger partial charge in [0.25, 0.3) is 0 Å². The summed E-state index contributed by atoms with van der Waals surface area (Å²) in [6.07, 6.45) is 1.80. The summed E-state index contributed by atoms with van der Waals surface area (Å²) in [6.45, 7) is 4.04. The van der Waals surface area contributed by atoms with E-state index in [9.17, 15) is 9.18 Å². The zero-order valence-corrected chi connectivity index (χ0v) is 18.6. The highest BCUT2D eigenvalue weighted by Crippen LogP contribution is 2.38. The van der Waals surface area contributed by atoms with E-state index in [0.29, 0.717) is 6.54 Å². The van der Waals surface area contributed by atoms with Crippen LogP contribution in [0.4, 0.5) is 4.39 Å². The van der Waals surface area contributed by atoms with Crippen LogP contribution >= 0.6 is 0 Å². The first-order chi connectivity index (χ1) is 14.4. The largest absolute Gasteiger partial charge is 0.342 e. The molecule has 162 valence electrons. The zero-order chi connectivity index (χ0) is 21.7. The second-order valence-electron chi connectivity index (χ2n) is 8.63. The van der Waals surface area contributed by atoms with Gasteiger partial charge >= 0.3 is 0 Å². The lowest BCUT2D eigenvalue weighted by atomic mass is 9.79. The van der Waals surface area contributed by atoms with Crippen molar-refractivity contribution in [1.29, 1.82) is 0 Å². The third-order valence-electron chi connectivity index (χ3n) is 6.79. The molecule has 2 atom stereocenters. The first-order valence-corrected chi connectivity index (χ1v) is 10.8. The topological polar surface area (TPSA) is 35.6 Å². The Labute approximate surface area is 180 Å². The molecule has 1 aliphatic rings. The number of carbonyl (C=O) groups is 1. The third kappa shape index (κ3) is 4.57. The predicted molar refractivity (Wildman–Crippen MR) is 120 cm³/mol. The van der Waals surface area contributed by atoms with Crippen molar-refractivity contribution in [2.45, 2.75) is 31.2 Å². The van der Waals surface area contributed by atoms with Gasteiger partial charge in [-0.3, -0.25) is 9.69 Å². The van der Waals surface area contributed by atoms with E-state index in [4.69, 9.17) is 0 Å². The van der Waals surface area contributed by atoms with Crippen molar-refractivity contribution in [3.63, 3.8) is 0 Å². The lowest BCUT2D eigenvalue weighted by Crippen LogP contribution is -2.53. The highest BCUT2D eigenvalue weighted by Gasteiger charge is 2.40. The van der Waals surface area contributed by atoms with Crippen LogP contribution in [-0.4, -0.2) is 56.5 Å². The van der Waals surface area contributed by atoms with Crippen molar-refractivity contribution in [1.82, 2.24) is 15.1 Å². The second kappa shape index (κ2) is 9.71. The summed E-state index contributed by atoms with van der Waals surface area (Å²) in [5.41, 5.74) is 2.12. The van der Waals surface area contributed by atoms with Crippen LogP contribution in [0.1, 0.15) is 36.8 Å². The number of piperidine rings is 1. The molecule has 5 heteroatoms. The lowest BCUT2D eigenvalue weighted by molar-refractivity contribution is -0.138. The second-order valence-corrected chi connectivity index (χ2v) is 8.63. The van der Waals surface area contributed by atoms with E-state index in [-0.39, 0.29) is 29.1 Å². The first kappa shape index (κ1) is 22.4. The van der Waals surface area contributed by atoms with Crippen molar-refractivity contribution in [3.8, 4) is 0 Å². The summed E-state index contributed by atoms with van der Waals surface area (Å²) in [4.78, 5) is 17.8. The minimum absolute atomic E-state index is 0.0509. The Morgan fingerprint density at radius 3 is 2.37 bits per heavy atom. The monoisotopic (exact) mass is 411 g/mol. The van der Waals surface area contributed by atoms with Gasteiger partial charge in [-0.2, -0.15) is 0 Å². The fourth-order valence-corrected chi connectivity index (χ4v) is 4.79. The Hall–Kier alpha value is -2.24. The zero-order valence-electron chi connectivity index (χ0n) is 18.6. The van der Waals surface area contributed by atoms with Crippen LogP contribution < -0.4 is 5.32 Å². The molecule has 2 aromatic rings. The van der Waals surface area contributed by atoms with Gasteiger partial charge in [-0.15, -0.1) is 0 Å². The minimum Gasteiger partial charge on any atom is -0.342 e. The Kier molecular flexibility index (Phi) is 7.27. The van der Waals surface area contributed by atoms with Gasteiger partial charge < -0.3 is 10.2 Å². The summed E-state index contributed by atoms with van der Waals surface area (Å²) in [6, 6.07) is 17.2. The maximum Gasteiger partial charge on any atom is 0.227 e. The molecule has 1 heterocycles. The molecule has 3 rings (SSSR count). The van der Waals surface area contributed by atoms with E-state index < -0.39 is 0 Å². The van der Waals surface area contributed by atoms with Gasteiger partial charge in [-0.05, 0) is 63.2 Å². The number of amides is 1. The van der Waals surface area contributed by atoms with Gasteiger partial charge in [-0.1, -0.05) is 49.4 Å². The summed E-state index contributed by atoms with van der Waals surface area (Å²) in [7, 11) is 6.11. The molecule has 4 nitrogen and oxygen atoms in total. The van der Waals surface area contributed by atoms with Gasteiger partial charge in [-0.25, -0.2) is 4.39 Å². The molecule has 1 N–H and O–H groups in total. The smallest absolute Gasteiger partial charge is 0.227 e. The highest BCUT2D eigenvalue weighted by molar-refractivity contribution is 5.80. The fraction of sp³-hybridized carbons (Fsp3) is 0.480. The normalized spacial score (nSPS) is 18.3. The molecule has 1 aliphatic heterocycles. The van der Waals surface area contributed by atoms with Gasteiger partial charge in [0, 0.05) is 25.2 Å². The van der Waals surface area contributed by atoms with Crippen molar-refractivity contribution in [2.24, 2.45) is 5.92 Å². The molecule has 1 amide bonds. The van der Waals surface area contributed by atoms with E-state index >= 15 is 0 Å². The van der Waals surface area contributed by atoms with Crippen LogP contribution in [0.3, 0.4) is 0 Å². The van der Waals surface area contributed by atoms with Crippen LogP contribution in [0.2, 0.25) is 0 Å². The van der Waals surface area contributed by atoms with Crippen molar-refractivity contribution in [2.75, 3.05) is 40.8 Å². The molecule has 30 heavy (non-hydrogen) atoms. The number of carbonyl (C=O) groups excluding carboxylic acids is 1. The molecule has 1 saturated heterocycles. The number of hydrogen-bond donors (Lipinski definition) is 1. The maximum atomic E-state index is 13.7. The third-order valence-corrected chi connectivity index (χ3v) is 6.79. The Bertz CT molecular complexity index is 831. The molecule has 0 bridgehead atoms. The van der Waals surface area contributed by atoms with Crippen LogP contribution in [0.25, 0.3) is 0 Å². The van der Waals surface area contributed by atoms with E-state index in [1.807, 2.05) is 31.0 Å². The number of benzene rings is 2. The van der Waals surface area contributed by atoms with Gasteiger partial charge in [0.05, 0.1) is 5.92 Å². The van der Waals surface area contributed by atoms with Crippen LogP contribution in [-0.2, 0) is 10.3 Å². The lowest BCUT2D eigenvalue weighted by Gasteiger charge is -2.47. The Balaban J connectivity index is 1.76. The Morgan fingerprint density at radius 2 is 1.80 bits per heavy atom. The number of nitrogens with one attached hydrogen (secondary N) is 1. The van der Waals surface area contributed by atoms with E-state index in [1.54, 1.807) is 12.1 Å². The number of halogens is 1. The molecule has 1 fully saturated rings.